The van der Waals surface area contributed by atoms with E-state index in [-0.39, 0.29) is 6.04 Å². The van der Waals surface area contributed by atoms with Gasteiger partial charge in [-0.05, 0) is 52.0 Å². The molecule has 1 aromatic carbocycles. The first-order valence-electron chi connectivity index (χ1n) is 8.01. The Morgan fingerprint density at radius 1 is 1.30 bits per heavy atom. The van der Waals surface area contributed by atoms with E-state index in [2.05, 4.69) is 6.07 Å². The summed E-state index contributed by atoms with van der Waals surface area (Å²) < 4.78 is 5.31. The highest BCUT2D eigenvalue weighted by atomic mass is 16.6. The molecule has 0 saturated heterocycles. The van der Waals surface area contributed by atoms with Crippen molar-refractivity contribution in [1.29, 1.82) is 5.26 Å². The van der Waals surface area contributed by atoms with Crippen molar-refractivity contribution >= 4 is 6.09 Å². The Morgan fingerprint density at radius 2 is 1.87 bits per heavy atom. The van der Waals surface area contributed by atoms with E-state index in [1.807, 2.05) is 51.1 Å². The molecule has 2 N–H and O–H groups in total. The minimum absolute atomic E-state index is 0.0879. The van der Waals surface area contributed by atoms with Crippen LogP contribution < -0.4 is 5.84 Å². The van der Waals surface area contributed by atoms with Crippen LogP contribution in [0.5, 0.6) is 0 Å². The maximum atomic E-state index is 12.1. The number of hydrogen-bond donors (Lipinski definition) is 1. The summed E-state index contributed by atoms with van der Waals surface area (Å²) in [6, 6.07) is 12.3. The van der Waals surface area contributed by atoms with Gasteiger partial charge in [-0.2, -0.15) is 5.26 Å². The highest BCUT2D eigenvalue weighted by Crippen LogP contribution is 2.40. The van der Waals surface area contributed by atoms with E-state index in [9.17, 15) is 10.1 Å². The van der Waals surface area contributed by atoms with Crippen molar-refractivity contribution < 1.29 is 9.53 Å². The lowest BCUT2D eigenvalue weighted by atomic mass is 9.69. The normalized spacial score (nSPS) is 24.6. The number of ether oxygens (including phenoxy) is 1. The molecule has 0 aliphatic heterocycles. The van der Waals surface area contributed by atoms with E-state index < -0.39 is 17.1 Å². The maximum Gasteiger partial charge on any atom is 0.424 e. The Kier molecular flexibility index (Phi) is 4.96. The van der Waals surface area contributed by atoms with Crippen LogP contribution in [0.4, 0.5) is 4.79 Å². The first-order chi connectivity index (χ1) is 10.8. The highest BCUT2D eigenvalue weighted by molar-refractivity contribution is 5.67. The van der Waals surface area contributed by atoms with Gasteiger partial charge in [0.2, 0.25) is 0 Å². The van der Waals surface area contributed by atoms with Crippen LogP contribution in [-0.4, -0.2) is 22.7 Å². The molecular formula is C18H25N3O2. The Morgan fingerprint density at radius 3 is 2.35 bits per heavy atom. The van der Waals surface area contributed by atoms with Crippen LogP contribution in [0.25, 0.3) is 0 Å². The second-order valence-electron chi connectivity index (χ2n) is 7.18. The molecule has 124 valence electrons. The second kappa shape index (κ2) is 6.59. The smallest absolute Gasteiger partial charge is 0.424 e. The lowest BCUT2D eigenvalue weighted by Crippen LogP contribution is -2.50. The molecule has 0 bridgehead atoms. The Balaban J connectivity index is 2.03. The molecule has 5 nitrogen and oxygen atoms in total. The van der Waals surface area contributed by atoms with E-state index >= 15 is 0 Å². The van der Waals surface area contributed by atoms with Crippen molar-refractivity contribution in [2.45, 2.75) is 63.5 Å². The van der Waals surface area contributed by atoms with E-state index in [1.165, 1.54) is 5.01 Å². The molecule has 1 saturated carbocycles. The van der Waals surface area contributed by atoms with Gasteiger partial charge < -0.3 is 4.74 Å². The number of hydrazine groups is 1. The Labute approximate surface area is 138 Å². The molecule has 5 heteroatoms. The number of nitrogens with two attached hydrogens (primary N) is 1. The molecule has 0 heterocycles. The monoisotopic (exact) mass is 315 g/mol. The molecule has 2 rings (SSSR count). The average Bonchev–Trinajstić information content (AvgIpc) is 2.53. The zero-order chi connectivity index (χ0) is 17.1. The summed E-state index contributed by atoms with van der Waals surface area (Å²) in [6.45, 7) is 5.45. The number of amides is 1. The van der Waals surface area contributed by atoms with Crippen LogP contribution in [0.3, 0.4) is 0 Å². The topological polar surface area (TPSA) is 79.3 Å². The van der Waals surface area contributed by atoms with Crippen LogP contribution in [-0.2, 0) is 10.2 Å². The fraction of sp³-hybridized carbons (Fsp3) is 0.556. The van der Waals surface area contributed by atoms with E-state index in [0.29, 0.717) is 25.7 Å². The van der Waals surface area contributed by atoms with E-state index in [0.717, 1.165) is 5.56 Å². The van der Waals surface area contributed by atoms with Crippen molar-refractivity contribution in [1.82, 2.24) is 5.01 Å². The van der Waals surface area contributed by atoms with Crippen molar-refractivity contribution in [3.8, 4) is 6.07 Å². The van der Waals surface area contributed by atoms with Gasteiger partial charge in [0.15, 0.2) is 0 Å². The summed E-state index contributed by atoms with van der Waals surface area (Å²) in [7, 11) is 0. The summed E-state index contributed by atoms with van der Waals surface area (Å²) in [5, 5.41) is 10.9. The third-order valence-corrected chi connectivity index (χ3v) is 4.35. The minimum Gasteiger partial charge on any atom is -0.443 e. The summed E-state index contributed by atoms with van der Waals surface area (Å²) in [6.07, 6.45) is 2.26. The number of carbonyl (C=O) groups is 1. The quantitative estimate of drug-likeness (QED) is 0.514. The van der Waals surface area contributed by atoms with Crippen LogP contribution >= 0.6 is 0 Å². The van der Waals surface area contributed by atoms with Gasteiger partial charge in [-0.1, -0.05) is 30.3 Å². The standard InChI is InChI=1S/C18H25N3O2/c1-17(2,3)23-16(22)21(20)15-9-11-18(13-19,12-10-15)14-7-5-4-6-8-14/h4-8,15H,9-12,20H2,1-3H3/t15-,18+. The summed E-state index contributed by atoms with van der Waals surface area (Å²) >= 11 is 0. The predicted molar refractivity (Wildman–Crippen MR) is 88.2 cm³/mol. The van der Waals surface area contributed by atoms with Gasteiger partial charge in [0.05, 0.1) is 17.5 Å². The molecule has 1 aliphatic carbocycles. The number of nitriles is 1. The molecule has 0 radical (unpaired) electrons. The van der Waals surface area contributed by atoms with Crippen molar-refractivity contribution in [3.05, 3.63) is 35.9 Å². The molecule has 1 aliphatic rings. The largest absolute Gasteiger partial charge is 0.443 e. The van der Waals surface area contributed by atoms with Crippen LogP contribution in [0.15, 0.2) is 30.3 Å². The lowest BCUT2D eigenvalue weighted by molar-refractivity contribution is 0.0100. The summed E-state index contributed by atoms with van der Waals surface area (Å²) in [4.78, 5) is 12.1. The zero-order valence-corrected chi connectivity index (χ0v) is 14.1. The summed E-state index contributed by atoms with van der Waals surface area (Å²) in [5.41, 5.74) is -0.00196. The SMILES string of the molecule is CC(C)(C)OC(=O)N(N)[C@H]1CC[C@@](C#N)(c2ccccc2)CC1. The highest BCUT2D eigenvalue weighted by Gasteiger charge is 2.39. The van der Waals surface area contributed by atoms with Crippen LogP contribution in [0.1, 0.15) is 52.0 Å². The molecule has 0 aromatic heterocycles. The lowest BCUT2D eigenvalue weighted by Gasteiger charge is -2.38. The van der Waals surface area contributed by atoms with E-state index in [4.69, 9.17) is 10.6 Å². The molecular weight excluding hydrogens is 290 g/mol. The van der Waals surface area contributed by atoms with Gasteiger partial charge in [-0.25, -0.2) is 15.6 Å². The van der Waals surface area contributed by atoms with Gasteiger partial charge in [0.25, 0.3) is 0 Å². The molecule has 0 unspecified atom stereocenters. The van der Waals surface area contributed by atoms with Gasteiger partial charge >= 0.3 is 6.09 Å². The zero-order valence-electron chi connectivity index (χ0n) is 14.1. The number of carbonyl (C=O) groups excluding carboxylic acids is 1. The third-order valence-electron chi connectivity index (χ3n) is 4.35. The van der Waals surface area contributed by atoms with Gasteiger partial charge in [-0.3, -0.25) is 0 Å². The number of nitrogens with zero attached hydrogens (tertiary/aromatic N) is 2. The number of rotatable bonds is 2. The maximum absolute atomic E-state index is 12.1. The van der Waals surface area contributed by atoms with Gasteiger partial charge in [0, 0.05) is 0 Å². The first kappa shape index (κ1) is 17.3. The molecule has 1 aromatic rings. The Hall–Kier alpha value is -2.06. The van der Waals surface area contributed by atoms with Gasteiger partial charge in [-0.15, -0.1) is 0 Å². The van der Waals surface area contributed by atoms with Crippen molar-refractivity contribution in [2.24, 2.45) is 5.84 Å². The number of hydrogen-bond acceptors (Lipinski definition) is 4. The molecule has 23 heavy (non-hydrogen) atoms. The summed E-state index contributed by atoms with van der Waals surface area (Å²) in [5.74, 6) is 5.94. The fourth-order valence-electron chi connectivity index (χ4n) is 3.06. The average molecular weight is 315 g/mol. The van der Waals surface area contributed by atoms with Crippen LogP contribution in [0.2, 0.25) is 0 Å². The van der Waals surface area contributed by atoms with Gasteiger partial charge in [0.1, 0.15) is 5.60 Å². The van der Waals surface area contributed by atoms with Crippen molar-refractivity contribution in [3.63, 3.8) is 0 Å². The predicted octanol–water partition coefficient (Wildman–Crippen LogP) is 3.50. The van der Waals surface area contributed by atoms with Crippen molar-refractivity contribution in [2.75, 3.05) is 0 Å². The minimum atomic E-state index is -0.566. The fourth-order valence-corrected chi connectivity index (χ4v) is 3.06. The Bertz CT molecular complexity index is 579. The number of benzene rings is 1. The van der Waals surface area contributed by atoms with E-state index in [1.54, 1.807) is 0 Å². The third kappa shape index (κ3) is 4.02. The van der Waals surface area contributed by atoms with Crippen LogP contribution in [0, 0.1) is 11.3 Å². The second-order valence-corrected chi connectivity index (χ2v) is 7.18. The molecule has 0 atom stereocenters. The first-order valence-corrected chi connectivity index (χ1v) is 8.01. The molecule has 1 fully saturated rings. The molecule has 0 spiro atoms. The molecule has 1 amide bonds.